The van der Waals surface area contributed by atoms with Crippen LogP contribution in [0.15, 0.2) is 0 Å². The largest absolute Gasteiger partial charge is 0.480 e. The minimum Gasteiger partial charge on any atom is -0.480 e. The number of nitrogens with one attached hydrogen (secondary N) is 1. The number of carboxylic acids is 1. The van der Waals surface area contributed by atoms with Crippen LogP contribution in [0.2, 0.25) is 0 Å². The van der Waals surface area contributed by atoms with Crippen LogP contribution in [-0.4, -0.2) is 28.8 Å². The molecule has 5 nitrogen and oxygen atoms in total. The molecule has 0 aliphatic heterocycles. The summed E-state index contributed by atoms with van der Waals surface area (Å²) in [5.74, 6) is -0.958. The van der Waals surface area contributed by atoms with Crippen molar-refractivity contribution in [2.24, 2.45) is 5.92 Å². The van der Waals surface area contributed by atoms with Crippen LogP contribution in [-0.2, 0) is 14.4 Å². The van der Waals surface area contributed by atoms with Gasteiger partial charge in [-0.2, -0.15) is 0 Å². The molecule has 0 aliphatic rings. The van der Waals surface area contributed by atoms with Crippen molar-refractivity contribution in [3.8, 4) is 0 Å². The van der Waals surface area contributed by atoms with Gasteiger partial charge in [-0.25, -0.2) is 4.79 Å². The Balaban J connectivity index is 3.67. The van der Waals surface area contributed by atoms with Crippen molar-refractivity contribution in [2.45, 2.75) is 136 Å². The molecule has 0 rings (SSSR count). The Bertz CT molecular complexity index is 462. The zero-order valence-corrected chi connectivity index (χ0v) is 19.8. The number of carbonyl (C=O) groups is 3. The van der Waals surface area contributed by atoms with Crippen molar-refractivity contribution in [2.75, 3.05) is 0 Å². The van der Waals surface area contributed by atoms with E-state index in [9.17, 15) is 19.5 Å². The average Bonchev–Trinajstić information content (AvgIpc) is 2.68. The smallest absolute Gasteiger partial charge is 0.326 e. The second-order valence-corrected chi connectivity index (χ2v) is 9.13. The number of rotatable bonds is 21. The number of Topliss-reactive ketones (excluding diaryl/α,β-unsaturated/α-hetero) is 1. The van der Waals surface area contributed by atoms with Gasteiger partial charge in [0.05, 0.1) is 0 Å². The molecule has 0 unspecified atom stereocenters. The van der Waals surface area contributed by atoms with Gasteiger partial charge in [-0.05, 0) is 18.8 Å². The fraction of sp³-hybridized carbons (Fsp3) is 0.880. The molecular weight excluding hydrogens is 378 g/mol. The summed E-state index contributed by atoms with van der Waals surface area (Å²) in [6.07, 6.45) is 17.4. The zero-order chi connectivity index (χ0) is 22.6. The van der Waals surface area contributed by atoms with Crippen LogP contribution in [0.25, 0.3) is 0 Å². The van der Waals surface area contributed by atoms with Crippen molar-refractivity contribution in [1.29, 1.82) is 0 Å². The number of aliphatic carboxylic acids is 1. The van der Waals surface area contributed by atoms with Gasteiger partial charge in [-0.1, -0.05) is 97.8 Å². The van der Waals surface area contributed by atoms with E-state index < -0.39 is 12.0 Å². The fourth-order valence-corrected chi connectivity index (χ4v) is 3.69. The molecule has 0 aromatic heterocycles. The number of carboxylic acid groups (broad SMARTS) is 1. The molecular formula is C25H47NO4. The predicted molar refractivity (Wildman–Crippen MR) is 124 cm³/mol. The first-order valence-corrected chi connectivity index (χ1v) is 12.4. The Morgan fingerprint density at radius 1 is 0.733 bits per heavy atom. The van der Waals surface area contributed by atoms with E-state index in [0.717, 1.165) is 19.3 Å². The molecule has 30 heavy (non-hydrogen) atoms. The number of hydrogen-bond donors (Lipinski definition) is 2. The summed E-state index contributed by atoms with van der Waals surface area (Å²) in [6, 6.07) is -0.962. The number of carbonyl (C=O) groups excluding carboxylic acids is 2. The van der Waals surface area contributed by atoms with Gasteiger partial charge in [0.25, 0.3) is 0 Å². The Morgan fingerprint density at radius 3 is 1.63 bits per heavy atom. The van der Waals surface area contributed by atoms with Gasteiger partial charge in [0.1, 0.15) is 11.8 Å². The topological polar surface area (TPSA) is 83.5 Å². The number of ketones is 1. The van der Waals surface area contributed by atoms with Crippen molar-refractivity contribution >= 4 is 17.7 Å². The molecule has 1 amide bonds. The van der Waals surface area contributed by atoms with Crippen molar-refractivity contribution in [3.63, 3.8) is 0 Å². The van der Waals surface area contributed by atoms with Gasteiger partial charge in [0.15, 0.2) is 0 Å². The molecule has 0 aliphatic carbocycles. The van der Waals surface area contributed by atoms with Crippen LogP contribution in [0.1, 0.15) is 130 Å². The van der Waals surface area contributed by atoms with Crippen molar-refractivity contribution in [1.82, 2.24) is 5.32 Å². The molecule has 1 atom stereocenters. The predicted octanol–water partition coefficient (Wildman–Crippen LogP) is 6.43. The number of hydrogen-bond acceptors (Lipinski definition) is 3. The van der Waals surface area contributed by atoms with E-state index in [1.165, 1.54) is 64.2 Å². The van der Waals surface area contributed by atoms with E-state index in [0.29, 0.717) is 12.8 Å². The first-order valence-electron chi connectivity index (χ1n) is 12.4. The van der Waals surface area contributed by atoms with E-state index in [2.05, 4.69) is 12.2 Å². The maximum absolute atomic E-state index is 12.0. The summed E-state index contributed by atoms with van der Waals surface area (Å²) in [7, 11) is 0. The third-order valence-corrected chi connectivity index (χ3v) is 5.49. The lowest BCUT2D eigenvalue weighted by atomic mass is 10.0. The van der Waals surface area contributed by atoms with E-state index in [4.69, 9.17) is 0 Å². The number of unbranched alkanes of at least 4 members (excludes halogenated alkanes) is 12. The van der Waals surface area contributed by atoms with E-state index in [1.807, 2.05) is 13.8 Å². The lowest BCUT2D eigenvalue weighted by Crippen LogP contribution is -2.41. The Labute approximate surface area is 184 Å². The second kappa shape index (κ2) is 19.6. The summed E-state index contributed by atoms with van der Waals surface area (Å²) >= 11 is 0. The van der Waals surface area contributed by atoms with E-state index >= 15 is 0 Å². The first-order chi connectivity index (χ1) is 14.4. The molecule has 0 spiro atoms. The van der Waals surface area contributed by atoms with Crippen molar-refractivity contribution in [3.05, 3.63) is 0 Å². The minimum absolute atomic E-state index is 0.0574. The first kappa shape index (κ1) is 28.6. The third kappa shape index (κ3) is 18.6. The molecule has 0 aromatic carbocycles. The standard InChI is InChI=1S/C25H47NO4/c1-4-5-6-7-8-9-10-11-12-13-14-15-16-17-24(28)26-23(25(29)30)19-18-22(27)20-21(2)3/h21,23H,4-20H2,1-3H3,(H,26,28)(H,29,30)/t23-/m0/s1. The summed E-state index contributed by atoms with van der Waals surface area (Å²) in [4.78, 5) is 35.1. The van der Waals surface area contributed by atoms with Gasteiger partial charge in [0.2, 0.25) is 5.91 Å². The average molecular weight is 426 g/mol. The monoisotopic (exact) mass is 425 g/mol. The summed E-state index contributed by atoms with van der Waals surface area (Å²) in [5.41, 5.74) is 0. The molecule has 0 fully saturated rings. The Kier molecular flexibility index (Phi) is 18.7. The second-order valence-electron chi connectivity index (χ2n) is 9.13. The highest BCUT2D eigenvalue weighted by molar-refractivity contribution is 5.84. The van der Waals surface area contributed by atoms with Crippen LogP contribution >= 0.6 is 0 Å². The molecule has 2 N–H and O–H groups in total. The summed E-state index contributed by atoms with van der Waals surface area (Å²) < 4.78 is 0. The van der Waals surface area contributed by atoms with Gasteiger partial charge in [0, 0.05) is 19.3 Å². The third-order valence-electron chi connectivity index (χ3n) is 5.49. The van der Waals surface area contributed by atoms with Crippen molar-refractivity contribution < 1.29 is 19.5 Å². The quantitative estimate of drug-likeness (QED) is 0.207. The maximum Gasteiger partial charge on any atom is 0.326 e. The molecule has 0 saturated carbocycles. The normalized spacial score (nSPS) is 12.1. The summed E-state index contributed by atoms with van der Waals surface area (Å²) in [6.45, 7) is 6.17. The van der Waals surface area contributed by atoms with Crippen LogP contribution in [0.5, 0.6) is 0 Å². The Hall–Kier alpha value is -1.39. The lowest BCUT2D eigenvalue weighted by molar-refractivity contribution is -0.142. The molecule has 0 aromatic rings. The lowest BCUT2D eigenvalue weighted by Gasteiger charge is -2.14. The molecule has 0 radical (unpaired) electrons. The van der Waals surface area contributed by atoms with Crippen LogP contribution < -0.4 is 5.32 Å². The SMILES string of the molecule is CCCCCCCCCCCCCCCC(=O)N[C@@H](CCC(=O)CC(C)C)C(=O)O. The van der Waals surface area contributed by atoms with Crippen LogP contribution in [0, 0.1) is 5.92 Å². The molecule has 0 bridgehead atoms. The van der Waals surface area contributed by atoms with Gasteiger partial charge >= 0.3 is 5.97 Å². The van der Waals surface area contributed by atoms with Gasteiger partial charge in [-0.15, -0.1) is 0 Å². The zero-order valence-electron chi connectivity index (χ0n) is 19.8. The molecule has 0 heterocycles. The van der Waals surface area contributed by atoms with E-state index in [1.54, 1.807) is 0 Å². The van der Waals surface area contributed by atoms with Gasteiger partial charge < -0.3 is 10.4 Å². The molecule has 0 saturated heterocycles. The van der Waals surface area contributed by atoms with Crippen LogP contribution in [0.4, 0.5) is 0 Å². The van der Waals surface area contributed by atoms with E-state index in [-0.39, 0.29) is 30.4 Å². The van der Waals surface area contributed by atoms with Gasteiger partial charge in [-0.3, -0.25) is 9.59 Å². The summed E-state index contributed by atoms with van der Waals surface area (Å²) in [5, 5.41) is 11.9. The number of amides is 1. The van der Waals surface area contributed by atoms with Crippen LogP contribution in [0.3, 0.4) is 0 Å². The minimum atomic E-state index is -1.06. The fourth-order valence-electron chi connectivity index (χ4n) is 3.69. The highest BCUT2D eigenvalue weighted by Gasteiger charge is 2.20. The molecule has 5 heteroatoms. The highest BCUT2D eigenvalue weighted by Crippen LogP contribution is 2.13. The highest BCUT2D eigenvalue weighted by atomic mass is 16.4. The molecule has 176 valence electrons. The Morgan fingerprint density at radius 2 is 1.20 bits per heavy atom. The maximum atomic E-state index is 12.0.